The molecule has 0 aliphatic carbocycles. The largest absolute Gasteiger partial charge is 0.293 e. The van der Waals surface area contributed by atoms with Crippen LogP contribution in [0.25, 0.3) is 0 Å². The predicted octanol–water partition coefficient (Wildman–Crippen LogP) is 2.46. The van der Waals surface area contributed by atoms with Gasteiger partial charge in [-0.05, 0) is 25.6 Å². The molecule has 2 heteroatoms. The molecule has 0 amide bonds. The molecule has 0 fully saturated rings. The summed E-state index contributed by atoms with van der Waals surface area (Å²) in [5.41, 5.74) is 1.16. The third kappa shape index (κ3) is 5.52. The van der Waals surface area contributed by atoms with E-state index in [0.717, 1.165) is 25.0 Å². The Kier molecular flexibility index (Phi) is 6.59. The molecule has 0 unspecified atom stereocenters. The SMILES string of the molecule is C=N/C=C(\C=NCC)CCC. The molecule has 0 aromatic carbocycles. The summed E-state index contributed by atoms with van der Waals surface area (Å²) in [7, 11) is 0. The van der Waals surface area contributed by atoms with Crippen molar-refractivity contribution in [2.45, 2.75) is 26.7 Å². The van der Waals surface area contributed by atoms with Crippen LogP contribution in [0.15, 0.2) is 21.8 Å². The van der Waals surface area contributed by atoms with E-state index in [9.17, 15) is 0 Å². The van der Waals surface area contributed by atoms with Gasteiger partial charge in [-0.1, -0.05) is 13.3 Å². The highest BCUT2D eigenvalue weighted by Crippen LogP contribution is 2.01. The Morgan fingerprint density at radius 1 is 1.45 bits per heavy atom. The third-order valence-corrected chi connectivity index (χ3v) is 1.24. The van der Waals surface area contributed by atoms with Crippen LogP contribution in [0.2, 0.25) is 0 Å². The van der Waals surface area contributed by atoms with E-state index >= 15 is 0 Å². The number of aliphatic imine (C=N–C) groups is 2. The molecular formula is C9H16N2. The third-order valence-electron chi connectivity index (χ3n) is 1.24. The zero-order valence-electron chi connectivity index (χ0n) is 7.38. The second-order valence-corrected chi connectivity index (χ2v) is 2.26. The molecule has 0 rings (SSSR count). The summed E-state index contributed by atoms with van der Waals surface area (Å²) in [5, 5.41) is 0. The summed E-state index contributed by atoms with van der Waals surface area (Å²) in [6.07, 6.45) is 5.79. The lowest BCUT2D eigenvalue weighted by atomic mass is 10.2. The van der Waals surface area contributed by atoms with Gasteiger partial charge in [-0.25, -0.2) is 0 Å². The Hall–Kier alpha value is -0.920. The van der Waals surface area contributed by atoms with Gasteiger partial charge in [-0.15, -0.1) is 0 Å². The van der Waals surface area contributed by atoms with E-state index in [1.807, 2.05) is 13.1 Å². The number of hydrogen-bond donors (Lipinski definition) is 0. The second kappa shape index (κ2) is 7.19. The zero-order valence-corrected chi connectivity index (χ0v) is 7.38. The van der Waals surface area contributed by atoms with Crippen molar-refractivity contribution in [1.29, 1.82) is 0 Å². The van der Waals surface area contributed by atoms with Crippen LogP contribution in [-0.2, 0) is 0 Å². The van der Waals surface area contributed by atoms with E-state index in [1.165, 1.54) is 0 Å². The van der Waals surface area contributed by atoms with Gasteiger partial charge >= 0.3 is 0 Å². The van der Waals surface area contributed by atoms with Gasteiger partial charge in [0.2, 0.25) is 0 Å². The summed E-state index contributed by atoms with van der Waals surface area (Å²) >= 11 is 0. The Balaban J connectivity index is 3.98. The van der Waals surface area contributed by atoms with Gasteiger partial charge in [0.1, 0.15) is 0 Å². The van der Waals surface area contributed by atoms with Crippen LogP contribution in [0.1, 0.15) is 26.7 Å². The lowest BCUT2D eigenvalue weighted by molar-refractivity contribution is 0.934. The van der Waals surface area contributed by atoms with Gasteiger partial charge < -0.3 is 0 Å². The topological polar surface area (TPSA) is 24.7 Å². The fourth-order valence-corrected chi connectivity index (χ4v) is 0.777. The van der Waals surface area contributed by atoms with Gasteiger partial charge in [0.05, 0.1) is 0 Å². The molecule has 2 nitrogen and oxygen atoms in total. The number of rotatable bonds is 5. The molecule has 0 aromatic rings. The number of allylic oxidation sites excluding steroid dienone is 1. The average Bonchev–Trinajstić information content (AvgIpc) is 2.01. The van der Waals surface area contributed by atoms with Gasteiger partial charge in [0.15, 0.2) is 0 Å². The molecular weight excluding hydrogens is 136 g/mol. The van der Waals surface area contributed by atoms with Crippen molar-refractivity contribution < 1.29 is 0 Å². The maximum atomic E-state index is 4.13. The predicted molar refractivity (Wildman–Crippen MR) is 51.6 cm³/mol. The maximum Gasteiger partial charge on any atom is 0.0361 e. The first kappa shape index (κ1) is 10.1. The molecule has 0 saturated carbocycles. The quantitative estimate of drug-likeness (QED) is 0.541. The minimum Gasteiger partial charge on any atom is -0.293 e. The normalized spacial score (nSPS) is 12.4. The Morgan fingerprint density at radius 3 is 2.64 bits per heavy atom. The summed E-state index contributed by atoms with van der Waals surface area (Å²) in [6, 6.07) is 0. The molecule has 0 aliphatic rings. The van der Waals surface area contributed by atoms with Crippen LogP contribution < -0.4 is 0 Å². The smallest absolute Gasteiger partial charge is 0.0361 e. The van der Waals surface area contributed by atoms with Gasteiger partial charge in [-0.2, -0.15) is 0 Å². The highest BCUT2D eigenvalue weighted by molar-refractivity contribution is 5.78. The van der Waals surface area contributed by atoms with Gasteiger partial charge in [-0.3, -0.25) is 9.98 Å². The Labute approximate surface area is 68.8 Å². The van der Waals surface area contributed by atoms with E-state index in [0.29, 0.717) is 0 Å². The zero-order chi connectivity index (χ0) is 8.53. The average molecular weight is 152 g/mol. The van der Waals surface area contributed by atoms with Crippen molar-refractivity contribution in [2.75, 3.05) is 6.54 Å². The van der Waals surface area contributed by atoms with E-state index in [4.69, 9.17) is 0 Å². The van der Waals surface area contributed by atoms with E-state index in [2.05, 4.69) is 23.6 Å². The summed E-state index contributed by atoms with van der Waals surface area (Å²) in [4.78, 5) is 7.83. The van der Waals surface area contributed by atoms with Crippen LogP contribution in [0.5, 0.6) is 0 Å². The summed E-state index contributed by atoms with van der Waals surface area (Å²) in [5.74, 6) is 0. The molecule has 0 radical (unpaired) electrons. The Bertz CT molecular complexity index is 157. The molecule has 11 heavy (non-hydrogen) atoms. The minimum atomic E-state index is 0.832. The van der Waals surface area contributed by atoms with Crippen molar-refractivity contribution in [3.8, 4) is 0 Å². The first-order valence-electron chi connectivity index (χ1n) is 3.99. The van der Waals surface area contributed by atoms with Crippen molar-refractivity contribution >= 4 is 12.9 Å². The monoisotopic (exact) mass is 152 g/mol. The van der Waals surface area contributed by atoms with Crippen molar-refractivity contribution in [2.24, 2.45) is 9.98 Å². The van der Waals surface area contributed by atoms with E-state index in [-0.39, 0.29) is 0 Å². The lowest BCUT2D eigenvalue weighted by Gasteiger charge is -1.94. The highest BCUT2D eigenvalue weighted by atomic mass is 14.7. The lowest BCUT2D eigenvalue weighted by Crippen LogP contribution is -1.84. The fourth-order valence-electron chi connectivity index (χ4n) is 0.777. The van der Waals surface area contributed by atoms with Crippen molar-refractivity contribution in [3.05, 3.63) is 11.8 Å². The summed E-state index contributed by atoms with van der Waals surface area (Å²) < 4.78 is 0. The molecule has 0 atom stereocenters. The minimum absolute atomic E-state index is 0.832. The molecule has 0 aliphatic heterocycles. The van der Waals surface area contributed by atoms with E-state index < -0.39 is 0 Å². The number of nitrogens with zero attached hydrogens (tertiary/aromatic N) is 2. The number of hydrogen-bond acceptors (Lipinski definition) is 2. The van der Waals surface area contributed by atoms with Crippen LogP contribution in [0, 0.1) is 0 Å². The fraction of sp³-hybridized carbons (Fsp3) is 0.556. The van der Waals surface area contributed by atoms with Gasteiger partial charge in [0.25, 0.3) is 0 Å². The van der Waals surface area contributed by atoms with Crippen LogP contribution in [0.3, 0.4) is 0 Å². The first-order chi connectivity index (χ1) is 5.35. The van der Waals surface area contributed by atoms with Crippen LogP contribution in [-0.4, -0.2) is 19.5 Å². The molecule has 0 saturated heterocycles. The standard InChI is InChI=1S/C9H16N2/c1-4-6-9(7-10-3)8-11-5-2/h7-8H,3-6H2,1-2H3/b9-7-,11-8?. The van der Waals surface area contributed by atoms with Crippen LogP contribution >= 0.6 is 0 Å². The maximum absolute atomic E-state index is 4.13. The Morgan fingerprint density at radius 2 is 2.18 bits per heavy atom. The highest BCUT2D eigenvalue weighted by Gasteiger charge is 1.88. The summed E-state index contributed by atoms with van der Waals surface area (Å²) in [6.45, 7) is 8.39. The van der Waals surface area contributed by atoms with Crippen LogP contribution in [0.4, 0.5) is 0 Å². The van der Waals surface area contributed by atoms with Crippen molar-refractivity contribution in [3.63, 3.8) is 0 Å². The van der Waals surface area contributed by atoms with Gasteiger partial charge in [0, 0.05) is 19.0 Å². The molecule has 0 bridgehead atoms. The molecule has 0 heterocycles. The first-order valence-corrected chi connectivity index (χ1v) is 3.99. The second-order valence-electron chi connectivity index (χ2n) is 2.26. The molecule has 0 N–H and O–H groups in total. The molecule has 0 aromatic heterocycles. The molecule has 0 spiro atoms. The van der Waals surface area contributed by atoms with Crippen molar-refractivity contribution in [1.82, 2.24) is 0 Å². The van der Waals surface area contributed by atoms with E-state index in [1.54, 1.807) is 6.20 Å². The molecule has 62 valence electrons.